The van der Waals surface area contributed by atoms with E-state index in [0.717, 1.165) is 0 Å². The first kappa shape index (κ1) is 40.0. The maximum absolute atomic E-state index is 11.5. The minimum absolute atomic E-state index is 0.146. The third-order valence-electron chi connectivity index (χ3n) is 9.16. The zero-order chi connectivity index (χ0) is 35.6. The molecule has 0 aromatic carbocycles. The number of ether oxygens (including phenoxy) is 7. The maximum Gasteiger partial charge on any atom is 0.187 e. The van der Waals surface area contributed by atoms with E-state index in [0.29, 0.717) is 0 Å². The Morgan fingerprint density at radius 2 is 0.833 bits per heavy atom. The molecule has 0 unspecified atom stereocenters. The number of hydrogen-bond acceptors (Lipinski definition) is 20. The molecular formula is C28H50O20. The Bertz CT molecular complexity index is 975. The van der Waals surface area contributed by atoms with Gasteiger partial charge in [0, 0.05) is 6.61 Å². The van der Waals surface area contributed by atoms with Crippen LogP contribution in [0.25, 0.3) is 0 Å². The van der Waals surface area contributed by atoms with Crippen molar-refractivity contribution < 1.29 is 99.5 Å². The molecule has 20 heteroatoms. The minimum Gasteiger partial charge on any atom is -0.396 e. The van der Waals surface area contributed by atoms with Gasteiger partial charge in [0.2, 0.25) is 0 Å². The van der Waals surface area contributed by atoms with Crippen LogP contribution in [0.5, 0.6) is 0 Å². The van der Waals surface area contributed by atoms with Gasteiger partial charge in [-0.15, -0.1) is 0 Å². The summed E-state index contributed by atoms with van der Waals surface area (Å²) in [5.74, 6) is -0.395. The van der Waals surface area contributed by atoms with Crippen molar-refractivity contribution in [3.8, 4) is 0 Å². The summed E-state index contributed by atoms with van der Waals surface area (Å²) in [6.07, 6.45) is -32.3. The van der Waals surface area contributed by atoms with Gasteiger partial charge in [-0.1, -0.05) is 13.8 Å². The average molecular weight is 707 g/mol. The van der Waals surface area contributed by atoms with Crippen LogP contribution in [-0.4, -0.2) is 215 Å². The molecule has 282 valence electrons. The Morgan fingerprint density at radius 3 is 1.31 bits per heavy atom. The van der Waals surface area contributed by atoms with Gasteiger partial charge in [-0.3, -0.25) is 0 Å². The smallest absolute Gasteiger partial charge is 0.187 e. The fourth-order valence-corrected chi connectivity index (χ4v) is 6.34. The fraction of sp³-hybridized carbons (Fsp3) is 1.00. The highest BCUT2D eigenvalue weighted by atomic mass is 16.8. The molecule has 4 saturated heterocycles. The van der Waals surface area contributed by atoms with Gasteiger partial charge in [0.25, 0.3) is 0 Å². The van der Waals surface area contributed by atoms with Crippen molar-refractivity contribution in [2.45, 2.75) is 143 Å². The van der Waals surface area contributed by atoms with Gasteiger partial charge < -0.3 is 99.5 Å². The molecule has 4 rings (SSSR count). The van der Waals surface area contributed by atoms with E-state index in [-0.39, 0.29) is 6.42 Å². The molecule has 0 saturated carbocycles. The molecule has 0 aromatic rings. The van der Waals surface area contributed by atoms with Crippen molar-refractivity contribution in [1.29, 1.82) is 0 Å². The molecule has 0 amide bonds. The van der Waals surface area contributed by atoms with Crippen LogP contribution in [0.2, 0.25) is 0 Å². The average Bonchev–Trinajstić information content (AvgIpc) is 3.06. The SMILES string of the molecule is CC(C)[C@@H]1O[C@H](CO)[C@@H](O[C@@H]2O[C@H](CO)[C@@H](O[C@@H]3O[C@H](CCO)[C@@H](O)[C@H](O)[C@H]3O)[C@H](O)[C@H]2O)[C@H](O)[C@H]1O[C@@H]1O[C@H](CO)[C@@H](O)[C@H](O)[C@H]1O. The normalized spacial score (nSPS) is 50.5. The van der Waals surface area contributed by atoms with Gasteiger partial charge in [-0.25, -0.2) is 0 Å². The number of rotatable bonds is 12. The highest BCUT2D eigenvalue weighted by Gasteiger charge is 2.55. The van der Waals surface area contributed by atoms with Crippen LogP contribution in [0.4, 0.5) is 0 Å². The molecular weight excluding hydrogens is 656 g/mol. The standard InChI is InChI=1S/C28H50O20/c1-8(2)22-25(48-27-19(39)16(36)14(34)10(5-30)44-27)21(41)24(11(6-31)42-22)47-28-20(40)17(37)23(12(7-32)45-28)46-26-18(38)15(35)13(33)9(43-26)3-4-29/h8-41H,3-7H2,1-2H3/t9-,10-,11-,12-,13-,14-,15+,16+,17-,18-,19-,20-,21+,22+,23-,24-,25-,26+,27+,28+/m1/s1. The van der Waals surface area contributed by atoms with Crippen molar-refractivity contribution in [3.05, 3.63) is 0 Å². The lowest BCUT2D eigenvalue weighted by Gasteiger charge is -2.50. The molecule has 0 spiro atoms. The van der Waals surface area contributed by atoms with Crippen LogP contribution in [0.1, 0.15) is 20.3 Å². The molecule has 0 aliphatic carbocycles. The monoisotopic (exact) mass is 706 g/mol. The number of hydrogen-bond donors (Lipinski definition) is 13. The van der Waals surface area contributed by atoms with Crippen LogP contribution in [-0.2, 0) is 33.2 Å². The molecule has 4 aliphatic rings. The van der Waals surface area contributed by atoms with E-state index >= 15 is 0 Å². The molecule has 48 heavy (non-hydrogen) atoms. The first-order valence-corrected chi connectivity index (χ1v) is 15.8. The molecule has 0 radical (unpaired) electrons. The molecule has 20 nitrogen and oxygen atoms in total. The Labute approximate surface area is 275 Å². The van der Waals surface area contributed by atoms with Crippen LogP contribution in [0, 0.1) is 5.92 Å². The Balaban J connectivity index is 1.51. The molecule has 0 aromatic heterocycles. The fourth-order valence-electron chi connectivity index (χ4n) is 6.34. The summed E-state index contributed by atoms with van der Waals surface area (Å²) in [6.45, 7) is 0.638. The first-order valence-electron chi connectivity index (χ1n) is 15.8. The number of aliphatic hydroxyl groups excluding tert-OH is 13. The zero-order valence-corrected chi connectivity index (χ0v) is 26.3. The van der Waals surface area contributed by atoms with Crippen LogP contribution in [0.15, 0.2) is 0 Å². The van der Waals surface area contributed by atoms with E-state index in [1.807, 2.05) is 0 Å². The van der Waals surface area contributed by atoms with Gasteiger partial charge in [-0.2, -0.15) is 0 Å². The topological polar surface area (TPSA) is 328 Å². The second-order valence-corrected chi connectivity index (χ2v) is 12.8. The van der Waals surface area contributed by atoms with Crippen molar-refractivity contribution >= 4 is 0 Å². The third-order valence-corrected chi connectivity index (χ3v) is 9.16. The van der Waals surface area contributed by atoms with E-state index in [1.54, 1.807) is 13.8 Å². The lowest BCUT2D eigenvalue weighted by atomic mass is 9.88. The quantitative estimate of drug-likeness (QED) is 0.0896. The van der Waals surface area contributed by atoms with E-state index < -0.39 is 155 Å². The molecule has 4 heterocycles. The third kappa shape index (κ3) is 8.13. The highest BCUT2D eigenvalue weighted by Crippen LogP contribution is 2.36. The Morgan fingerprint density at radius 1 is 0.438 bits per heavy atom. The summed E-state index contributed by atoms with van der Waals surface area (Å²) in [6, 6.07) is 0. The maximum atomic E-state index is 11.5. The van der Waals surface area contributed by atoms with E-state index in [9.17, 15) is 66.4 Å². The Hall–Kier alpha value is -0.800. The Kier molecular flexibility index (Phi) is 14.3. The molecule has 0 bridgehead atoms. The van der Waals surface area contributed by atoms with Crippen LogP contribution >= 0.6 is 0 Å². The molecule has 4 fully saturated rings. The van der Waals surface area contributed by atoms with Crippen molar-refractivity contribution in [2.24, 2.45) is 5.92 Å². The summed E-state index contributed by atoms with van der Waals surface area (Å²) in [4.78, 5) is 0. The highest BCUT2D eigenvalue weighted by molar-refractivity contribution is 4.99. The van der Waals surface area contributed by atoms with Gasteiger partial charge in [0.1, 0.15) is 91.6 Å². The minimum atomic E-state index is -1.97. The lowest BCUT2D eigenvalue weighted by molar-refractivity contribution is -0.381. The van der Waals surface area contributed by atoms with Crippen LogP contribution in [0.3, 0.4) is 0 Å². The summed E-state index contributed by atoms with van der Waals surface area (Å²) < 4.78 is 39.8. The van der Waals surface area contributed by atoms with Crippen molar-refractivity contribution in [2.75, 3.05) is 26.4 Å². The predicted molar refractivity (Wildman–Crippen MR) is 151 cm³/mol. The van der Waals surface area contributed by atoms with Crippen molar-refractivity contribution in [3.63, 3.8) is 0 Å². The van der Waals surface area contributed by atoms with Crippen molar-refractivity contribution in [1.82, 2.24) is 0 Å². The van der Waals surface area contributed by atoms with Gasteiger partial charge in [0.15, 0.2) is 18.9 Å². The summed E-state index contributed by atoms with van der Waals surface area (Å²) in [7, 11) is 0. The summed E-state index contributed by atoms with van der Waals surface area (Å²) in [5.41, 5.74) is 0. The van der Waals surface area contributed by atoms with E-state index in [2.05, 4.69) is 0 Å². The van der Waals surface area contributed by atoms with E-state index in [1.165, 1.54) is 0 Å². The zero-order valence-electron chi connectivity index (χ0n) is 26.3. The molecule has 13 N–H and O–H groups in total. The first-order chi connectivity index (χ1) is 22.7. The largest absolute Gasteiger partial charge is 0.396 e. The van der Waals surface area contributed by atoms with E-state index in [4.69, 9.17) is 33.2 Å². The van der Waals surface area contributed by atoms with Gasteiger partial charge in [-0.05, 0) is 12.3 Å². The molecule has 20 atom stereocenters. The van der Waals surface area contributed by atoms with Gasteiger partial charge in [0.05, 0.1) is 32.0 Å². The lowest BCUT2D eigenvalue weighted by Crippen LogP contribution is -2.68. The summed E-state index contributed by atoms with van der Waals surface area (Å²) in [5, 5.41) is 134. The predicted octanol–water partition coefficient (Wildman–Crippen LogP) is -7.65. The number of aliphatic hydroxyl groups is 13. The van der Waals surface area contributed by atoms with Crippen LogP contribution < -0.4 is 0 Å². The second-order valence-electron chi connectivity index (χ2n) is 12.8. The second kappa shape index (κ2) is 17.1. The van der Waals surface area contributed by atoms with Gasteiger partial charge >= 0.3 is 0 Å². The molecule has 4 aliphatic heterocycles. The summed E-state index contributed by atoms with van der Waals surface area (Å²) >= 11 is 0.